The van der Waals surface area contributed by atoms with E-state index in [-0.39, 0.29) is 0 Å². The maximum absolute atomic E-state index is 12.7. The van der Waals surface area contributed by atoms with Crippen molar-refractivity contribution in [2.24, 2.45) is 12.1 Å². The molecule has 0 aliphatic carbocycles. The molecule has 0 spiro atoms. The van der Waals surface area contributed by atoms with Crippen LogP contribution in [0.15, 0.2) is 43.4 Å². The zero-order valence-corrected chi connectivity index (χ0v) is 24.6. The second-order valence-corrected chi connectivity index (χ2v) is 11.0. The number of aryl methyl sites for hydroxylation is 2. The molecule has 38 heavy (non-hydrogen) atoms. The Hall–Kier alpha value is -2.68. The Kier molecular flexibility index (Phi) is 12.8. The van der Waals surface area contributed by atoms with E-state index in [0.717, 1.165) is 22.9 Å². The monoisotopic (exact) mass is 586 g/mol. The summed E-state index contributed by atoms with van der Waals surface area (Å²) in [5, 5.41) is 4.32. The van der Waals surface area contributed by atoms with E-state index in [4.69, 9.17) is 0 Å². The molecule has 3 aromatic rings. The molecule has 0 saturated heterocycles. The molecule has 2 aromatic heterocycles. The van der Waals surface area contributed by atoms with Gasteiger partial charge in [0.05, 0.1) is 6.21 Å². The molecule has 0 saturated carbocycles. The first-order valence-electron chi connectivity index (χ1n) is 14.3. The van der Waals surface area contributed by atoms with E-state index in [1.165, 1.54) is 81.6 Å². The number of aromatic nitrogens is 4. The van der Waals surface area contributed by atoms with Gasteiger partial charge in [0.2, 0.25) is 5.95 Å². The number of benzene rings is 1. The molecule has 0 atom stereocenters. The fraction of sp³-hybridized carbons (Fsp3) is 0.586. The predicted octanol–water partition coefficient (Wildman–Crippen LogP) is 7.11. The smallest absolute Gasteiger partial charge is 0.303 e. The normalized spacial score (nSPS) is 11.7. The van der Waals surface area contributed by atoms with Crippen LogP contribution >= 0.6 is 15.9 Å². The number of hydrogen-bond donors (Lipinski definition) is 2. The molecule has 0 aliphatic rings. The molecule has 0 unspecified atom stereocenters. The number of rotatable bonds is 18. The van der Waals surface area contributed by atoms with Crippen LogP contribution in [0.1, 0.15) is 102 Å². The molecule has 9 heteroatoms. The van der Waals surface area contributed by atoms with E-state index in [1.54, 1.807) is 13.3 Å². The van der Waals surface area contributed by atoms with Gasteiger partial charge in [-0.25, -0.2) is 10.2 Å². The topological polar surface area (TPSA) is 97.1 Å². The highest BCUT2D eigenvalue weighted by Gasteiger charge is 2.16. The van der Waals surface area contributed by atoms with Crippen molar-refractivity contribution in [3.8, 4) is 0 Å². The number of nitrogens with zero attached hydrogens (tertiary/aromatic N) is 4. The molecule has 0 bridgehead atoms. The van der Waals surface area contributed by atoms with Crippen molar-refractivity contribution in [3.63, 3.8) is 0 Å². The highest BCUT2D eigenvalue weighted by Crippen LogP contribution is 2.18. The SMILES string of the molecule is CCCCCCCCCCCCCCCCn1c(N/N=C/c2ccc(Br)cc2)nc2c1c(=O)[nH]c(=O)n2C. The van der Waals surface area contributed by atoms with Gasteiger partial charge in [-0.05, 0) is 24.1 Å². The maximum atomic E-state index is 12.7. The van der Waals surface area contributed by atoms with Crippen LogP contribution in [-0.4, -0.2) is 25.3 Å². The molecule has 208 valence electrons. The van der Waals surface area contributed by atoms with Crippen molar-refractivity contribution in [1.29, 1.82) is 0 Å². The average Bonchev–Trinajstić information content (AvgIpc) is 3.27. The fourth-order valence-electron chi connectivity index (χ4n) is 4.72. The number of anilines is 1. The van der Waals surface area contributed by atoms with Gasteiger partial charge in [0, 0.05) is 18.1 Å². The quantitative estimate of drug-likeness (QED) is 0.0942. The largest absolute Gasteiger partial charge is 0.329 e. The van der Waals surface area contributed by atoms with E-state index in [2.05, 4.69) is 43.3 Å². The van der Waals surface area contributed by atoms with Crippen molar-refractivity contribution in [2.45, 2.75) is 103 Å². The number of nitrogens with one attached hydrogen (secondary N) is 2. The summed E-state index contributed by atoms with van der Waals surface area (Å²) in [7, 11) is 1.61. The van der Waals surface area contributed by atoms with Crippen LogP contribution in [0.2, 0.25) is 0 Å². The van der Waals surface area contributed by atoms with Crippen LogP contribution in [0, 0.1) is 0 Å². The third-order valence-electron chi connectivity index (χ3n) is 6.99. The molecule has 0 fully saturated rings. The van der Waals surface area contributed by atoms with Crippen LogP contribution in [-0.2, 0) is 13.6 Å². The summed E-state index contributed by atoms with van der Waals surface area (Å²) in [6.45, 7) is 2.90. The number of H-pyrrole nitrogens is 1. The Morgan fingerprint density at radius 3 is 2.03 bits per heavy atom. The third-order valence-corrected chi connectivity index (χ3v) is 7.52. The lowest BCUT2D eigenvalue weighted by atomic mass is 10.0. The molecule has 1 aromatic carbocycles. The molecule has 2 N–H and O–H groups in total. The van der Waals surface area contributed by atoms with Crippen LogP contribution in [0.3, 0.4) is 0 Å². The predicted molar refractivity (Wildman–Crippen MR) is 161 cm³/mol. The number of hydrazone groups is 1. The minimum Gasteiger partial charge on any atom is -0.303 e. The van der Waals surface area contributed by atoms with Crippen LogP contribution in [0.5, 0.6) is 0 Å². The number of hydrogen-bond acceptors (Lipinski definition) is 5. The zero-order chi connectivity index (χ0) is 27.2. The molecule has 3 rings (SSSR count). The summed E-state index contributed by atoms with van der Waals surface area (Å²) >= 11 is 3.43. The number of imidazole rings is 1. The first-order chi connectivity index (χ1) is 18.5. The summed E-state index contributed by atoms with van der Waals surface area (Å²) < 4.78 is 4.20. The minimum atomic E-state index is -0.478. The lowest BCUT2D eigenvalue weighted by Crippen LogP contribution is -2.29. The molecule has 8 nitrogen and oxygen atoms in total. The van der Waals surface area contributed by atoms with Crippen molar-refractivity contribution in [2.75, 3.05) is 5.43 Å². The zero-order valence-electron chi connectivity index (χ0n) is 23.0. The standard InChI is InChI=1S/C29H43BrN6O2/c1-3-4-5-6-7-8-9-10-11-12-13-14-15-16-21-36-25-26(35(2)29(38)33-27(25)37)32-28(36)34-31-22-23-17-19-24(30)20-18-23/h17-20,22H,3-16,21H2,1-2H3,(H,32,34)(H,33,37,38)/b31-22+. The van der Waals surface area contributed by atoms with Gasteiger partial charge in [0.1, 0.15) is 0 Å². The highest BCUT2D eigenvalue weighted by atomic mass is 79.9. The van der Waals surface area contributed by atoms with Gasteiger partial charge in [-0.15, -0.1) is 0 Å². The van der Waals surface area contributed by atoms with Gasteiger partial charge in [-0.2, -0.15) is 10.1 Å². The van der Waals surface area contributed by atoms with Gasteiger partial charge in [-0.3, -0.25) is 14.3 Å². The second kappa shape index (κ2) is 16.3. The molecular formula is C29H43BrN6O2. The molecular weight excluding hydrogens is 544 g/mol. The summed E-state index contributed by atoms with van der Waals surface area (Å²) in [5.74, 6) is 0.453. The molecule has 0 radical (unpaired) electrons. The third kappa shape index (κ3) is 9.26. The number of unbranched alkanes of at least 4 members (excludes halogenated alkanes) is 13. The summed E-state index contributed by atoms with van der Waals surface area (Å²) in [4.78, 5) is 31.7. The second-order valence-electron chi connectivity index (χ2n) is 10.1. The lowest BCUT2D eigenvalue weighted by molar-refractivity contribution is 0.526. The minimum absolute atomic E-state index is 0.352. The number of fused-ring (bicyclic) bond motifs is 1. The Morgan fingerprint density at radius 1 is 0.895 bits per heavy atom. The Labute approximate surface area is 234 Å². The highest BCUT2D eigenvalue weighted by molar-refractivity contribution is 9.10. The van der Waals surface area contributed by atoms with Crippen LogP contribution < -0.4 is 16.7 Å². The van der Waals surface area contributed by atoms with E-state index in [0.29, 0.717) is 23.7 Å². The van der Waals surface area contributed by atoms with Crippen molar-refractivity contribution >= 4 is 39.3 Å². The summed E-state index contributed by atoms with van der Waals surface area (Å²) in [6, 6.07) is 7.78. The molecule has 0 amide bonds. The van der Waals surface area contributed by atoms with Crippen LogP contribution in [0.25, 0.3) is 11.2 Å². The van der Waals surface area contributed by atoms with Gasteiger partial charge in [0.25, 0.3) is 5.56 Å². The Morgan fingerprint density at radius 2 is 1.45 bits per heavy atom. The van der Waals surface area contributed by atoms with Crippen LogP contribution in [0.4, 0.5) is 5.95 Å². The van der Waals surface area contributed by atoms with E-state index in [1.807, 2.05) is 28.8 Å². The molecule has 2 heterocycles. The van der Waals surface area contributed by atoms with Crippen molar-refractivity contribution in [3.05, 3.63) is 55.1 Å². The first-order valence-corrected chi connectivity index (χ1v) is 15.0. The molecule has 0 aliphatic heterocycles. The Balaban J connectivity index is 1.48. The van der Waals surface area contributed by atoms with Gasteiger partial charge in [0.15, 0.2) is 11.2 Å². The van der Waals surface area contributed by atoms with Gasteiger partial charge in [-0.1, -0.05) is 118 Å². The van der Waals surface area contributed by atoms with E-state index < -0.39 is 11.2 Å². The van der Waals surface area contributed by atoms with Gasteiger partial charge < -0.3 is 4.57 Å². The van der Waals surface area contributed by atoms with Crippen molar-refractivity contribution in [1.82, 2.24) is 19.1 Å². The average molecular weight is 588 g/mol. The first kappa shape index (κ1) is 29.9. The summed E-state index contributed by atoms with van der Waals surface area (Å²) in [6.07, 6.45) is 19.8. The maximum Gasteiger partial charge on any atom is 0.329 e. The van der Waals surface area contributed by atoms with Crippen molar-refractivity contribution < 1.29 is 0 Å². The van der Waals surface area contributed by atoms with E-state index in [9.17, 15) is 9.59 Å². The van der Waals surface area contributed by atoms with Gasteiger partial charge >= 0.3 is 5.69 Å². The fourth-order valence-corrected chi connectivity index (χ4v) is 4.98. The Bertz CT molecular complexity index is 1260. The summed E-state index contributed by atoms with van der Waals surface area (Å²) in [5.41, 5.74) is 3.75. The lowest BCUT2D eigenvalue weighted by Gasteiger charge is -2.08. The number of halogens is 1. The van der Waals surface area contributed by atoms with E-state index >= 15 is 0 Å². The number of aromatic amines is 1.